The van der Waals surface area contributed by atoms with Gasteiger partial charge in [-0.1, -0.05) is 32.9 Å². The van der Waals surface area contributed by atoms with Crippen molar-refractivity contribution in [3.63, 3.8) is 0 Å². The average Bonchev–Trinajstić information content (AvgIpc) is 3.06. The van der Waals surface area contributed by atoms with Gasteiger partial charge < -0.3 is 15.2 Å². The molecule has 1 N–H and O–H groups in total. The van der Waals surface area contributed by atoms with Crippen molar-refractivity contribution >= 4 is 28.2 Å². The molecular weight excluding hydrogens is 322 g/mol. The number of hydrogen-bond donors (Lipinski definition) is 1. The quantitative estimate of drug-likeness (QED) is 0.931. The Morgan fingerprint density at radius 2 is 1.79 bits per heavy atom. The van der Waals surface area contributed by atoms with Gasteiger partial charge >= 0.3 is 0 Å². The number of carboxylic acid groups (broad SMARTS) is 1. The Morgan fingerprint density at radius 3 is 2.38 bits per heavy atom. The van der Waals surface area contributed by atoms with Crippen LogP contribution in [0.15, 0.2) is 24.3 Å². The van der Waals surface area contributed by atoms with Gasteiger partial charge in [0, 0.05) is 16.0 Å². The monoisotopic (exact) mass is 342 g/mol. The van der Waals surface area contributed by atoms with Crippen molar-refractivity contribution in [1.29, 1.82) is 0 Å². The SMILES string of the molecule is CC(C)(C)c1ccc(C(=O)Nc2sc3c(c2C(=O)[O-])CCC3)cc1. The third-order valence-electron chi connectivity index (χ3n) is 4.37. The summed E-state index contributed by atoms with van der Waals surface area (Å²) in [4.78, 5) is 25.0. The van der Waals surface area contributed by atoms with E-state index in [1.54, 1.807) is 12.1 Å². The van der Waals surface area contributed by atoms with Crippen molar-refractivity contribution in [2.75, 3.05) is 5.32 Å². The molecule has 1 aliphatic rings. The Hall–Kier alpha value is -2.14. The molecule has 1 aromatic heterocycles. The van der Waals surface area contributed by atoms with Crippen molar-refractivity contribution in [3.05, 3.63) is 51.4 Å². The molecule has 0 spiro atoms. The van der Waals surface area contributed by atoms with Crippen molar-refractivity contribution in [2.24, 2.45) is 0 Å². The molecule has 0 aliphatic heterocycles. The van der Waals surface area contributed by atoms with Crippen LogP contribution in [0.5, 0.6) is 0 Å². The summed E-state index contributed by atoms with van der Waals surface area (Å²) in [5.74, 6) is -1.51. The first-order chi connectivity index (χ1) is 11.3. The van der Waals surface area contributed by atoms with E-state index in [2.05, 4.69) is 26.1 Å². The average molecular weight is 342 g/mol. The fraction of sp³-hybridized carbons (Fsp3) is 0.368. The van der Waals surface area contributed by atoms with E-state index >= 15 is 0 Å². The molecule has 1 aliphatic carbocycles. The van der Waals surface area contributed by atoms with Crippen LogP contribution in [0, 0.1) is 0 Å². The summed E-state index contributed by atoms with van der Waals surface area (Å²) in [5, 5.41) is 14.6. The molecule has 1 heterocycles. The van der Waals surface area contributed by atoms with Crippen LogP contribution >= 0.6 is 11.3 Å². The molecule has 1 amide bonds. The zero-order chi connectivity index (χ0) is 17.5. The summed E-state index contributed by atoms with van der Waals surface area (Å²) >= 11 is 1.35. The lowest BCUT2D eigenvalue weighted by atomic mass is 9.87. The zero-order valence-corrected chi connectivity index (χ0v) is 14.9. The number of aryl methyl sites for hydroxylation is 1. The van der Waals surface area contributed by atoms with Crippen LogP contribution in [-0.4, -0.2) is 11.9 Å². The number of hydrogen-bond acceptors (Lipinski definition) is 4. The first-order valence-corrected chi connectivity index (χ1v) is 8.87. The number of aromatic carboxylic acids is 1. The highest BCUT2D eigenvalue weighted by molar-refractivity contribution is 7.17. The van der Waals surface area contributed by atoms with Gasteiger partial charge in [0.15, 0.2) is 0 Å². The lowest BCUT2D eigenvalue weighted by molar-refractivity contribution is -0.254. The van der Waals surface area contributed by atoms with Crippen LogP contribution in [0.4, 0.5) is 5.00 Å². The molecule has 0 fully saturated rings. The van der Waals surface area contributed by atoms with Crippen molar-refractivity contribution in [1.82, 2.24) is 0 Å². The number of anilines is 1. The fourth-order valence-electron chi connectivity index (χ4n) is 3.01. The first kappa shape index (κ1) is 16.7. The molecule has 0 saturated carbocycles. The molecule has 5 heteroatoms. The highest BCUT2D eigenvalue weighted by Gasteiger charge is 2.24. The smallest absolute Gasteiger partial charge is 0.256 e. The first-order valence-electron chi connectivity index (χ1n) is 8.05. The van der Waals surface area contributed by atoms with Crippen molar-refractivity contribution in [2.45, 2.75) is 45.4 Å². The minimum absolute atomic E-state index is 0.0196. The van der Waals surface area contributed by atoms with Gasteiger partial charge in [0.2, 0.25) is 0 Å². The topological polar surface area (TPSA) is 69.2 Å². The number of carbonyl (C=O) groups is 2. The number of carboxylic acids is 1. The van der Waals surface area contributed by atoms with Crippen LogP contribution in [0.2, 0.25) is 0 Å². The fourth-order valence-corrected chi connectivity index (χ4v) is 4.28. The van der Waals surface area contributed by atoms with Crippen molar-refractivity contribution < 1.29 is 14.7 Å². The third kappa shape index (κ3) is 3.08. The van der Waals surface area contributed by atoms with E-state index in [1.807, 2.05) is 12.1 Å². The second kappa shape index (κ2) is 6.06. The number of carbonyl (C=O) groups excluding carboxylic acids is 2. The summed E-state index contributed by atoms with van der Waals surface area (Å²) in [6.07, 6.45) is 2.58. The minimum atomic E-state index is -1.22. The van der Waals surface area contributed by atoms with Gasteiger partial charge in [0.05, 0.1) is 5.97 Å². The molecule has 0 bridgehead atoms. The molecule has 0 unspecified atom stereocenters. The molecular formula is C19H20NO3S-. The largest absolute Gasteiger partial charge is 0.545 e. The van der Waals surface area contributed by atoms with Gasteiger partial charge in [-0.15, -0.1) is 11.3 Å². The number of amides is 1. The summed E-state index contributed by atoms with van der Waals surface area (Å²) in [5.41, 5.74) is 2.67. The van der Waals surface area contributed by atoms with E-state index in [0.717, 1.165) is 35.3 Å². The molecule has 3 rings (SSSR count). The molecule has 2 aromatic rings. The number of fused-ring (bicyclic) bond motifs is 1. The number of thiophene rings is 1. The normalized spacial score (nSPS) is 13.6. The zero-order valence-electron chi connectivity index (χ0n) is 14.1. The Morgan fingerprint density at radius 1 is 1.12 bits per heavy atom. The highest BCUT2D eigenvalue weighted by Crippen LogP contribution is 2.39. The summed E-state index contributed by atoms with van der Waals surface area (Å²) in [6.45, 7) is 6.34. The maximum atomic E-state index is 12.5. The molecule has 0 radical (unpaired) electrons. The van der Waals surface area contributed by atoms with Crippen LogP contribution in [0.25, 0.3) is 0 Å². The Labute approximate surface area is 145 Å². The number of benzene rings is 1. The maximum absolute atomic E-state index is 12.5. The van der Waals surface area contributed by atoms with Crippen LogP contribution in [-0.2, 0) is 18.3 Å². The van der Waals surface area contributed by atoms with Gasteiger partial charge in [0.25, 0.3) is 5.91 Å². The number of nitrogens with one attached hydrogen (secondary N) is 1. The molecule has 126 valence electrons. The molecule has 0 atom stereocenters. The van der Waals surface area contributed by atoms with E-state index in [1.165, 1.54) is 11.3 Å². The summed E-state index contributed by atoms with van der Waals surface area (Å²) < 4.78 is 0. The van der Waals surface area contributed by atoms with E-state index < -0.39 is 5.97 Å². The van der Waals surface area contributed by atoms with Gasteiger partial charge in [-0.25, -0.2) is 0 Å². The maximum Gasteiger partial charge on any atom is 0.256 e. The van der Waals surface area contributed by atoms with E-state index in [-0.39, 0.29) is 16.9 Å². The van der Waals surface area contributed by atoms with Gasteiger partial charge in [-0.2, -0.15) is 0 Å². The Kier molecular flexibility index (Phi) is 4.22. The highest BCUT2D eigenvalue weighted by atomic mass is 32.1. The van der Waals surface area contributed by atoms with E-state index in [0.29, 0.717) is 10.6 Å². The number of rotatable bonds is 3. The molecule has 24 heavy (non-hydrogen) atoms. The molecule has 0 saturated heterocycles. The Bertz CT molecular complexity index is 797. The second-order valence-corrected chi connectivity index (χ2v) is 8.24. The summed E-state index contributed by atoms with van der Waals surface area (Å²) in [7, 11) is 0. The van der Waals surface area contributed by atoms with Crippen LogP contribution < -0.4 is 10.4 Å². The van der Waals surface area contributed by atoms with E-state index in [9.17, 15) is 14.7 Å². The van der Waals surface area contributed by atoms with Gasteiger partial charge in [0.1, 0.15) is 5.00 Å². The lowest BCUT2D eigenvalue weighted by Crippen LogP contribution is -2.25. The van der Waals surface area contributed by atoms with Crippen LogP contribution in [0.1, 0.15) is 63.9 Å². The molecule has 1 aromatic carbocycles. The molecule has 4 nitrogen and oxygen atoms in total. The third-order valence-corrected chi connectivity index (χ3v) is 5.57. The second-order valence-electron chi connectivity index (χ2n) is 7.13. The predicted molar refractivity (Wildman–Crippen MR) is 93.8 cm³/mol. The standard InChI is InChI=1S/C19H21NO3S/c1-19(2,3)12-9-7-11(8-10-12)16(21)20-17-15(18(22)23)13-5-4-6-14(13)24-17/h7-10H,4-6H2,1-3H3,(H,20,21)(H,22,23)/p-1. The summed E-state index contributed by atoms with van der Waals surface area (Å²) in [6, 6.07) is 7.41. The van der Waals surface area contributed by atoms with Gasteiger partial charge in [-0.3, -0.25) is 4.79 Å². The van der Waals surface area contributed by atoms with Crippen LogP contribution in [0.3, 0.4) is 0 Å². The van der Waals surface area contributed by atoms with Gasteiger partial charge in [-0.05, 0) is 47.9 Å². The lowest BCUT2D eigenvalue weighted by Gasteiger charge is -2.19. The predicted octanol–water partition coefficient (Wildman–Crippen LogP) is 3.15. The Balaban J connectivity index is 1.84. The van der Waals surface area contributed by atoms with Crippen molar-refractivity contribution in [3.8, 4) is 0 Å². The van der Waals surface area contributed by atoms with E-state index in [4.69, 9.17) is 0 Å². The minimum Gasteiger partial charge on any atom is -0.545 e.